The van der Waals surface area contributed by atoms with Gasteiger partial charge in [-0.15, -0.1) is 0 Å². The first-order valence-electron chi connectivity index (χ1n) is 20.1. The van der Waals surface area contributed by atoms with E-state index in [4.69, 9.17) is 9.47 Å². The Kier molecular flexibility index (Phi) is 19.5. The SMILES string of the molecule is C=C(NC(=O)[C@H](C(C)C)N(C)C)[C@H](C(=O)N(C)[C@@H]([C@@H](C)CC)[C@@H](CC(=O)N1CCCC[C@H]1[C@H](OC)[C@@H](C)C(=O)N[C@H](C)[C@@H](O)c1ccccc1)OC)C(C)C. The molecule has 1 saturated heterocycles. The molecule has 1 aromatic rings. The van der Waals surface area contributed by atoms with Crippen molar-refractivity contribution in [1.82, 2.24) is 25.3 Å². The molecule has 12 heteroatoms. The van der Waals surface area contributed by atoms with Gasteiger partial charge in [0, 0.05) is 33.5 Å². The predicted octanol–water partition coefficient (Wildman–Crippen LogP) is 5.02. The van der Waals surface area contributed by atoms with Gasteiger partial charge in [0.25, 0.3) is 0 Å². The lowest BCUT2D eigenvalue weighted by atomic mass is 9.86. The molecule has 1 aliphatic rings. The summed E-state index contributed by atoms with van der Waals surface area (Å²) < 4.78 is 12.1. The Balaban J connectivity index is 2.30. The van der Waals surface area contributed by atoms with Crippen LogP contribution in [0.5, 0.6) is 0 Å². The summed E-state index contributed by atoms with van der Waals surface area (Å²) in [5.41, 5.74) is 1.06. The molecule has 0 unspecified atom stereocenters. The number of nitrogens with one attached hydrogen (secondary N) is 2. The minimum atomic E-state index is -0.881. The van der Waals surface area contributed by atoms with Crippen molar-refractivity contribution in [3.8, 4) is 0 Å². The lowest BCUT2D eigenvalue weighted by Gasteiger charge is -2.43. The maximum atomic E-state index is 14.4. The minimum absolute atomic E-state index is 0.0257. The number of carbonyl (C=O) groups is 4. The molecule has 2 rings (SSSR count). The van der Waals surface area contributed by atoms with Gasteiger partial charge < -0.3 is 35.0 Å². The van der Waals surface area contributed by atoms with Crippen LogP contribution < -0.4 is 10.6 Å². The van der Waals surface area contributed by atoms with Crippen molar-refractivity contribution in [2.45, 2.75) is 130 Å². The van der Waals surface area contributed by atoms with Gasteiger partial charge in [-0.25, -0.2) is 0 Å². The average Bonchev–Trinajstić information content (AvgIpc) is 3.13. The summed E-state index contributed by atoms with van der Waals surface area (Å²) in [6.45, 7) is 20.2. The zero-order valence-electron chi connectivity index (χ0n) is 36.0. The number of rotatable bonds is 21. The van der Waals surface area contributed by atoms with Crippen molar-refractivity contribution >= 4 is 23.6 Å². The van der Waals surface area contributed by atoms with Crippen molar-refractivity contribution in [3.63, 3.8) is 0 Å². The Morgan fingerprint density at radius 2 is 1.55 bits per heavy atom. The number of aliphatic hydroxyl groups is 1. The topological polar surface area (TPSA) is 141 Å². The Hall–Kier alpha value is -3.32. The van der Waals surface area contributed by atoms with Gasteiger partial charge in [-0.05, 0) is 63.6 Å². The maximum absolute atomic E-state index is 14.4. The van der Waals surface area contributed by atoms with Gasteiger partial charge in [-0.3, -0.25) is 24.1 Å². The van der Waals surface area contributed by atoms with Gasteiger partial charge >= 0.3 is 0 Å². The molecule has 10 atom stereocenters. The van der Waals surface area contributed by atoms with Crippen LogP contribution >= 0.6 is 0 Å². The summed E-state index contributed by atoms with van der Waals surface area (Å²) in [6, 6.07) is 7.46. The summed E-state index contributed by atoms with van der Waals surface area (Å²) in [5.74, 6) is -2.25. The quantitative estimate of drug-likeness (QED) is 0.158. The molecule has 55 heavy (non-hydrogen) atoms. The molecule has 0 aromatic heterocycles. The summed E-state index contributed by atoms with van der Waals surface area (Å²) in [4.78, 5) is 61.1. The number of methoxy groups -OCH3 is 2. The number of piperidine rings is 1. The highest BCUT2D eigenvalue weighted by Crippen LogP contribution is 2.31. The number of nitrogens with zero attached hydrogens (tertiary/aromatic N) is 3. The molecule has 12 nitrogen and oxygen atoms in total. The molecule has 1 aromatic carbocycles. The number of amides is 4. The Labute approximate surface area is 331 Å². The largest absolute Gasteiger partial charge is 0.386 e. The molecule has 0 radical (unpaired) electrons. The number of carbonyl (C=O) groups excluding carboxylic acids is 4. The second-order valence-corrected chi connectivity index (χ2v) is 16.5. The number of ether oxygens (including phenoxy) is 2. The van der Waals surface area contributed by atoms with Crippen LogP contribution in [0.25, 0.3) is 0 Å². The first-order valence-corrected chi connectivity index (χ1v) is 20.1. The van der Waals surface area contributed by atoms with Crippen LogP contribution in [0.3, 0.4) is 0 Å². The molecule has 0 spiro atoms. The molecule has 0 aliphatic carbocycles. The minimum Gasteiger partial charge on any atom is -0.386 e. The van der Waals surface area contributed by atoms with E-state index in [-0.39, 0.29) is 59.9 Å². The highest BCUT2D eigenvalue weighted by Gasteiger charge is 2.42. The monoisotopic (exact) mass is 772 g/mol. The number of likely N-dealkylation sites (N-methyl/N-ethyl adjacent to an activating group) is 2. The molecule has 4 amide bonds. The highest BCUT2D eigenvalue weighted by molar-refractivity contribution is 5.87. The summed E-state index contributed by atoms with van der Waals surface area (Å²) in [7, 11) is 8.60. The molecular weight excluding hydrogens is 699 g/mol. The van der Waals surface area contributed by atoms with Gasteiger partial charge in [-0.2, -0.15) is 0 Å². The molecule has 3 N–H and O–H groups in total. The van der Waals surface area contributed by atoms with Gasteiger partial charge in [0.05, 0.1) is 60.7 Å². The first kappa shape index (κ1) is 47.8. The Morgan fingerprint density at radius 1 is 0.927 bits per heavy atom. The van der Waals surface area contributed by atoms with Crippen LogP contribution in [-0.2, 0) is 28.7 Å². The zero-order valence-corrected chi connectivity index (χ0v) is 36.0. The molecule has 1 fully saturated rings. The van der Waals surface area contributed by atoms with E-state index in [0.717, 1.165) is 19.3 Å². The number of hydrogen-bond donors (Lipinski definition) is 3. The number of hydrogen-bond acceptors (Lipinski definition) is 8. The fourth-order valence-corrected chi connectivity index (χ4v) is 8.34. The van der Waals surface area contributed by atoms with Gasteiger partial charge in [-0.1, -0.05) is 91.8 Å². The van der Waals surface area contributed by atoms with E-state index in [1.165, 1.54) is 0 Å². The third-order valence-corrected chi connectivity index (χ3v) is 11.5. The van der Waals surface area contributed by atoms with E-state index < -0.39 is 42.2 Å². The smallest absolute Gasteiger partial charge is 0.241 e. The van der Waals surface area contributed by atoms with Crippen molar-refractivity contribution in [2.75, 3.05) is 41.9 Å². The van der Waals surface area contributed by atoms with Gasteiger partial charge in [0.1, 0.15) is 0 Å². The maximum Gasteiger partial charge on any atom is 0.241 e. The van der Waals surface area contributed by atoms with Gasteiger partial charge in [0.15, 0.2) is 0 Å². The van der Waals surface area contributed by atoms with Crippen molar-refractivity contribution in [3.05, 3.63) is 48.2 Å². The standard InChI is InChI=1S/C43H73N5O7/c1-15-28(6)38(47(12)43(53)36(26(2)3)30(8)44-42(52)37(27(4)5)46(10)11)34(54-13)25-35(49)48-24-20-19-23-33(48)40(55-14)29(7)41(51)45-31(9)39(50)32-21-17-16-18-22-32/h16-18,21-22,26-29,31,33-34,36-40,50H,8,15,19-20,23-25H2,1-7,9-14H3,(H,44,52)(H,45,51)/t28-,29+,31+,33-,34+,36+,37-,38-,39+,40+/m0/s1. The third kappa shape index (κ3) is 12.6. The zero-order chi connectivity index (χ0) is 41.7. The van der Waals surface area contributed by atoms with E-state index in [2.05, 4.69) is 24.1 Å². The van der Waals surface area contributed by atoms with Crippen LogP contribution in [-0.4, -0.2) is 122 Å². The van der Waals surface area contributed by atoms with Crippen LogP contribution in [0.4, 0.5) is 0 Å². The molecule has 1 heterocycles. The molecular formula is C43H73N5O7. The fraction of sp³-hybridized carbons (Fsp3) is 0.721. The second-order valence-electron chi connectivity index (χ2n) is 16.5. The van der Waals surface area contributed by atoms with Gasteiger partial charge in [0.2, 0.25) is 23.6 Å². The molecule has 1 aliphatic heterocycles. The number of benzene rings is 1. The average molecular weight is 772 g/mol. The lowest BCUT2D eigenvalue weighted by Crippen LogP contribution is -2.57. The fourth-order valence-electron chi connectivity index (χ4n) is 8.34. The van der Waals surface area contributed by atoms with E-state index in [1.807, 2.05) is 88.8 Å². The van der Waals surface area contributed by atoms with Crippen LogP contribution in [0.15, 0.2) is 42.6 Å². The number of aliphatic hydroxyl groups excluding tert-OH is 1. The van der Waals surface area contributed by atoms with E-state index in [0.29, 0.717) is 24.2 Å². The van der Waals surface area contributed by atoms with E-state index in [9.17, 15) is 24.3 Å². The first-order chi connectivity index (χ1) is 25.8. The lowest BCUT2D eigenvalue weighted by molar-refractivity contribution is -0.150. The van der Waals surface area contributed by atoms with Crippen LogP contribution in [0.1, 0.15) is 99.2 Å². The van der Waals surface area contributed by atoms with Crippen LogP contribution in [0, 0.1) is 29.6 Å². The Bertz CT molecular complexity index is 1380. The van der Waals surface area contributed by atoms with Crippen molar-refractivity contribution in [2.24, 2.45) is 29.6 Å². The molecule has 0 bridgehead atoms. The Morgan fingerprint density at radius 3 is 2.05 bits per heavy atom. The number of likely N-dealkylation sites (tertiary alicyclic amines) is 1. The summed E-state index contributed by atoms with van der Waals surface area (Å²) in [6.07, 6.45) is 1.04. The summed E-state index contributed by atoms with van der Waals surface area (Å²) in [5, 5.41) is 16.8. The highest BCUT2D eigenvalue weighted by atomic mass is 16.5. The van der Waals surface area contributed by atoms with Crippen LogP contribution in [0.2, 0.25) is 0 Å². The molecule has 0 saturated carbocycles. The third-order valence-electron chi connectivity index (χ3n) is 11.5. The van der Waals surface area contributed by atoms with Crippen molar-refractivity contribution < 1.29 is 33.8 Å². The molecule has 312 valence electrons. The van der Waals surface area contributed by atoms with E-state index in [1.54, 1.807) is 40.0 Å². The normalized spacial score (nSPS) is 19.8. The predicted molar refractivity (Wildman–Crippen MR) is 218 cm³/mol. The van der Waals surface area contributed by atoms with Crippen molar-refractivity contribution in [1.29, 1.82) is 0 Å². The van der Waals surface area contributed by atoms with E-state index >= 15 is 0 Å². The second kappa shape index (κ2) is 22.4. The summed E-state index contributed by atoms with van der Waals surface area (Å²) >= 11 is 0.